The van der Waals surface area contributed by atoms with Gasteiger partial charge in [-0.3, -0.25) is 29.0 Å². The summed E-state index contributed by atoms with van der Waals surface area (Å²) >= 11 is 0. The maximum absolute atomic E-state index is 15.4. The number of aromatic nitrogens is 2. The Kier molecular flexibility index (Phi) is 15.9. The number of nitrogens with zero attached hydrogens (tertiary/aromatic N) is 4. The Bertz CT molecular complexity index is 3210. The summed E-state index contributed by atoms with van der Waals surface area (Å²) in [6.07, 6.45) is 12.9. The molecular weight excluding hydrogens is 1150 g/mol. The van der Waals surface area contributed by atoms with Crippen molar-refractivity contribution in [1.82, 2.24) is 14.4 Å². The molecule has 0 N–H and O–H groups in total. The van der Waals surface area contributed by atoms with Crippen molar-refractivity contribution in [3.63, 3.8) is 0 Å². The number of hydrogen-bond donors (Lipinski definition) is 0. The molecule has 16 nitrogen and oxygen atoms in total. The van der Waals surface area contributed by atoms with Crippen LogP contribution in [0, 0.1) is 0 Å². The van der Waals surface area contributed by atoms with Crippen LogP contribution in [-0.4, -0.2) is 119 Å². The van der Waals surface area contributed by atoms with Crippen LogP contribution in [0.3, 0.4) is 0 Å². The first kappa shape index (κ1) is 59.5. The molecule has 5 aromatic carbocycles. The molecule has 4 aliphatic heterocycles. The van der Waals surface area contributed by atoms with Crippen molar-refractivity contribution in [3.8, 4) is 0 Å². The van der Waals surface area contributed by atoms with Crippen LogP contribution in [0.5, 0.6) is 0 Å². The van der Waals surface area contributed by atoms with Crippen molar-refractivity contribution >= 4 is 135 Å². The molecule has 0 atom stereocenters. The fraction of sp³-hybridized carbons (Fsp3) is 0.518. The van der Waals surface area contributed by atoms with Crippen molar-refractivity contribution < 1.29 is 56.7 Å². The van der Waals surface area contributed by atoms with Gasteiger partial charge in [-0.25, -0.2) is 9.13 Å². The fourth-order valence-electron chi connectivity index (χ4n) is 14.1. The molecule has 24 heteroatoms. The number of fused-ring (bicyclic) bond motifs is 2. The van der Waals surface area contributed by atoms with E-state index < -0.39 is 74.5 Å². The first-order valence-corrected chi connectivity index (χ1v) is 50.8. The molecule has 0 bridgehead atoms. The Morgan fingerprint density at radius 3 is 1.12 bits per heavy atom. The number of unbranched alkanes of at least 4 members (excludes halogenated alkanes) is 4. The van der Waals surface area contributed by atoms with Gasteiger partial charge in [0.2, 0.25) is 6.33 Å². The quantitative estimate of drug-likeness (QED) is 0.0213. The predicted molar refractivity (Wildman–Crippen MR) is 331 cm³/mol. The summed E-state index contributed by atoms with van der Waals surface area (Å²) in [4.78, 5) is 62.2. The fourth-order valence-corrected chi connectivity index (χ4v) is 57.4. The van der Waals surface area contributed by atoms with Gasteiger partial charge in [-0.15, -0.1) is 0 Å². The minimum absolute atomic E-state index is 0.280. The number of carbonyl (C=O) groups is 4. The number of imidazole rings is 1. The second-order valence-corrected chi connectivity index (χ2v) is 54.8. The lowest BCUT2D eigenvalue weighted by Gasteiger charge is -2.47. The van der Waals surface area contributed by atoms with Crippen molar-refractivity contribution in [2.24, 2.45) is 7.05 Å². The number of rotatable bonds is 17. The molecule has 0 radical (unpaired) electrons. The molecule has 5 heterocycles. The van der Waals surface area contributed by atoms with E-state index in [2.05, 4.69) is 96.2 Å². The normalized spacial score (nSPS) is 21.9. The van der Waals surface area contributed by atoms with Crippen LogP contribution < -0.4 is 4.57 Å². The van der Waals surface area contributed by atoms with E-state index in [1.165, 1.54) is 4.90 Å². The van der Waals surface area contributed by atoms with Crippen LogP contribution in [0.2, 0.25) is 104 Å². The molecule has 2 saturated heterocycles. The molecular formula is C56H83N4O12Si8+. The van der Waals surface area contributed by atoms with Crippen LogP contribution in [-0.2, 0) is 46.5 Å². The molecule has 4 amide bonds. The first-order chi connectivity index (χ1) is 37.3. The van der Waals surface area contributed by atoms with Gasteiger partial charge in [-0.2, -0.15) is 0 Å². The first-order valence-electron chi connectivity index (χ1n) is 28.8. The topological polar surface area (TPSA) is 157 Å². The third kappa shape index (κ3) is 12.1. The lowest BCUT2D eigenvalue weighted by atomic mass is 9.82. The summed E-state index contributed by atoms with van der Waals surface area (Å²) in [5.41, 5.74) is 2.01. The molecule has 0 aliphatic carbocycles. The van der Waals surface area contributed by atoms with Gasteiger partial charge in [0.25, 0.3) is 23.6 Å². The van der Waals surface area contributed by atoms with Gasteiger partial charge >= 0.3 is 68.5 Å². The van der Waals surface area contributed by atoms with E-state index in [4.69, 9.17) is 32.9 Å². The summed E-state index contributed by atoms with van der Waals surface area (Å²) in [5.74, 6) is -1.16. The van der Waals surface area contributed by atoms with Crippen molar-refractivity contribution in [2.45, 2.75) is 174 Å². The molecule has 10 rings (SSSR count). The van der Waals surface area contributed by atoms with Gasteiger partial charge in [0, 0.05) is 45.6 Å². The Morgan fingerprint density at radius 2 is 0.762 bits per heavy atom. The van der Waals surface area contributed by atoms with E-state index in [1.54, 1.807) is 4.90 Å². The number of imide groups is 2. The number of benzene rings is 5. The minimum atomic E-state index is -2.78. The number of aryl methyl sites for hydroxylation is 2. The van der Waals surface area contributed by atoms with E-state index >= 15 is 9.59 Å². The maximum atomic E-state index is 15.4. The number of carbonyl (C=O) groups excluding carboxylic acids is 4. The lowest BCUT2D eigenvalue weighted by molar-refractivity contribution is -0.671. The lowest BCUT2D eigenvalue weighted by Crippen LogP contribution is -2.65. The van der Waals surface area contributed by atoms with Crippen molar-refractivity contribution in [2.75, 3.05) is 6.54 Å². The third-order valence-corrected chi connectivity index (χ3v) is 48.9. The van der Waals surface area contributed by atoms with Crippen molar-refractivity contribution in [1.29, 1.82) is 0 Å². The van der Waals surface area contributed by atoms with Crippen LogP contribution in [0.1, 0.15) is 99.2 Å². The predicted octanol–water partition coefficient (Wildman–Crippen LogP) is 12.6. The molecule has 0 saturated carbocycles. The summed E-state index contributed by atoms with van der Waals surface area (Å²) in [7, 11) is -18.8. The summed E-state index contributed by atoms with van der Waals surface area (Å²) in [6.45, 7) is 30.4. The molecule has 80 heavy (non-hydrogen) atoms. The SMILES string of the molecule is C[n+]1ccn(CCCCCN2C(=O)c3ccc4c5ccc6c7c(ccc(c8ccc(c3c48)C2=O)c75)C(=O)N(C(CCCC[Si]2(C)O[Si](C)(C)O[Si](C)(C)O[Si](C)(C)O2)CCCC[Si]2(C)O[Si](C)(C)O[Si](C)(C)O[Si](C)(C)O2)C6=O)c1. The molecule has 2 fully saturated rings. The van der Waals surface area contributed by atoms with E-state index in [0.29, 0.717) is 58.8 Å². The summed E-state index contributed by atoms with van der Waals surface area (Å²) in [6, 6.07) is 16.5. The zero-order valence-electron chi connectivity index (χ0n) is 49.8. The van der Waals surface area contributed by atoms with Gasteiger partial charge in [0.1, 0.15) is 12.4 Å². The van der Waals surface area contributed by atoms with Gasteiger partial charge in [-0.1, -0.05) is 49.9 Å². The highest BCUT2D eigenvalue weighted by Gasteiger charge is 2.54. The molecule has 0 spiro atoms. The smallest absolute Gasteiger partial charge is 0.317 e. The second kappa shape index (κ2) is 21.4. The molecule has 1 aromatic heterocycles. The molecule has 0 unspecified atom stereocenters. The van der Waals surface area contributed by atoms with Crippen LogP contribution in [0.25, 0.3) is 43.1 Å². The average Bonchev–Trinajstić information content (AvgIpc) is 3.73. The van der Waals surface area contributed by atoms with Crippen LogP contribution in [0.4, 0.5) is 0 Å². The van der Waals surface area contributed by atoms with Crippen LogP contribution >= 0.6 is 0 Å². The Morgan fingerprint density at radius 1 is 0.412 bits per heavy atom. The summed E-state index contributed by atoms with van der Waals surface area (Å²) in [5, 5.41) is 6.46. The van der Waals surface area contributed by atoms with Gasteiger partial charge < -0.3 is 32.9 Å². The van der Waals surface area contributed by atoms with E-state index in [-0.39, 0.29) is 23.6 Å². The highest BCUT2D eigenvalue weighted by Crippen LogP contribution is 2.47. The summed E-state index contributed by atoms with van der Waals surface area (Å²) < 4.78 is 58.6. The Hall–Kier alpha value is -3.69. The standard InChI is InChI=1S/C56H83N4O12Si8/c1-57-35-36-58(39-57)33-19-16-20-34-59-53(61)45-29-25-41-43-27-31-47-52-48(32-28-44(50(43)52)42-26-30-46(54(59)62)51(45)49(41)42)56(64)60(55(47)63)40(23-17-21-37-79(14)69-75(6,7)65-73(2,3)66-76(8,9)70-79)24-18-22-38-80(15)71-77(10,11)67-74(4,5)68-78(12,13)72-80/h25-32,35-36,39-40H,16-24,33-34,37-38H2,1-15H3/q+1. The zero-order chi connectivity index (χ0) is 57.8. The largest absolute Gasteiger partial charge is 0.416 e. The van der Waals surface area contributed by atoms with E-state index in [9.17, 15) is 9.59 Å². The van der Waals surface area contributed by atoms with E-state index in [1.807, 2.05) is 78.9 Å². The van der Waals surface area contributed by atoms with E-state index in [0.717, 1.165) is 89.5 Å². The minimum Gasteiger partial charge on any atom is -0.416 e. The maximum Gasteiger partial charge on any atom is 0.317 e. The zero-order valence-corrected chi connectivity index (χ0v) is 57.8. The Labute approximate surface area is 480 Å². The monoisotopic (exact) mass is 1230 g/mol. The van der Waals surface area contributed by atoms with Gasteiger partial charge in [-0.05, 0) is 192 Å². The third-order valence-electron chi connectivity index (χ3n) is 15.9. The molecule has 6 aromatic rings. The van der Waals surface area contributed by atoms with Gasteiger partial charge in [0.05, 0.1) is 13.6 Å². The molecule has 4 aliphatic rings. The number of amides is 4. The highest BCUT2D eigenvalue weighted by molar-refractivity contribution is 6.94. The second-order valence-electron chi connectivity index (χ2n) is 25.9. The van der Waals surface area contributed by atoms with Crippen LogP contribution in [0.15, 0.2) is 67.3 Å². The number of hydrogen-bond acceptors (Lipinski definition) is 12. The Balaban J connectivity index is 0.926. The highest BCUT2D eigenvalue weighted by atomic mass is 28.5. The molecule has 430 valence electrons. The van der Waals surface area contributed by atoms with Crippen molar-refractivity contribution in [3.05, 3.63) is 89.5 Å². The van der Waals surface area contributed by atoms with Gasteiger partial charge in [0.15, 0.2) is 0 Å². The average molecular weight is 1230 g/mol.